The van der Waals surface area contributed by atoms with E-state index in [-0.39, 0.29) is 30.6 Å². The Morgan fingerprint density at radius 3 is 2.78 bits per heavy atom. The van der Waals surface area contributed by atoms with E-state index in [0.29, 0.717) is 31.1 Å². The Kier molecular flexibility index (Phi) is 4.84. The Hall–Kier alpha value is -2.45. The Labute approximate surface area is 161 Å². The number of hydrogen-bond donors (Lipinski definition) is 0. The summed E-state index contributed by atoms with van der Waals surface area (Å²) < 4.78 is 11.2. The highest BCUT2D eigenvalue weighted by molar-refractivity contribution is 7.09. The van der Waals surface area contributed by atoms with Crippen molar-refractivity contribution in [2.45, 2.75) is 32.6 Å². The van der Waals surface area contributed by atoms with Crippen molar-refractivity contribution in [2.24, 2.45) is 0 Å². The van der Waals surface area contributed by atoms with Crippen LogP contribution in [-0.2, 0) is 16.1 Å². The molecule has 2 amide bonds. The van der Waals surface area contributed by atoms with Crippen LogP contribution in [-0.4, -0.2) is 53.6 Å². The number of amides is 2. The molecule has 142 valence electrons. The standard InChI is InChI=1S/C19H21N3O4S/c1-12-7-21(8-13(2)26-12)19(24)14-11-27-17(20-14)9-22-15-5-3-4-6-16(15)25-10-18(22)23/h3-6,11-13H,7-10H2,1-2H3/t12-,13+. The van der Waals surface area contributed by atoms with E-state index in [2.05, 4.69) is 4.98 Å². The van der Waals surface area contributed by atoms with Gasteiger partial charge in [0.25, 0.3) is 11.8 Å². The van der Waals surface area contributed by atoms with Crippen molar-refractivity contribution in [1.82, 2.24) is 9.88 Å². The summed E-state index contributed by atoms with van der Waals surface area (Å²) in [4.78, 5) is 33.0. The number of carbonyl (C=O) groups excluding carboxylic acids is 2. The number of rotatable bonds is 3. The number of aromatic nitrogens is 1. The van der Waals surface area contributed by atoms with Crippen molar-refractivity contribution < 1.29 is 19.1 Å². The molecule has 2 aliphatic heterocycles. The normalized spacial score (nSPS) is 22.4. The summed E-state index contributed by atoms with van der Waals surface area (Å²) >= 11 is 1.39. The maximum atomic E-state index is 12.8. The largest absolute Gasteiger partial charge is 0.482 e. The first-order valence-electron chi connectivity index (χ1n) is 8.92. The number of hydrogen-bond acceptors (Lipinski definition) is 6. The number of para-hydroxylation sites is 2. The molecular weight excluding hydrogens is 366 g/mol. The van der Waals surface area contributed by atoms with Crippen molar-refractivity contribution in [2.75, 3.05) is 24.6 Å². The molecule has 7 nitrogen and oxygen atoms in total. The molecule has 3 heterocycles. The lowest BCUT2D eigenvalue weighted by molar-refractivity contribution is -0.121. The molecule has 0 N–H and O–H groups in total. The molecule has 1 saturated heterocycles. The Balaban J connectivity index is 1.50. The number of anilines is 1. The predicted octanol–water partition coefficient (Wildman–Crippen LogP) is 2.32. The highest BCUT2D eigenvalue weighted by Gasteiger charge is 2.29. The average Bonchev–Trinajstić information content (AvgIpc) is 3.11. The molecule has 1 aromatic heterocycles. The van der Waals surface area contributed by atoms with Gasteiger partial charge in [0.2, 0.25) is 0 Å². The third kappa shape index (κ3) is 3.68. The van der Waals surface area contributed by atoms with E-state index in [4.69, 9.17) is 9.47 Å². The van der Waals surface area contributed by atoms with E-state index in [1.807, 2.05) is 38.1 Å². The van der Waals surface area contributed by atoms with E-state index >= 15 is 0 Å². The maximum absolute atomic E-state index is 12.8. The monoisotopic (exact) mass is 387 g/mol. The molecule has 2 atom stereocenters. The number of thiazole rings is 1. The summed E-state index contributed by atoms with van der Waals surface area (Å²) in [5.74, 6) is 0.474. The minimum Gasteiger partial charge on any atom is -0.482 e. The van der Waals surface area contributed by atoms with Crippen LogP contribution >= 0.6 is 11.3 Å². The number of carbonyl (C=O) groups is 2. The first-order valence-corrected chi connectivity index (χ1v) is 9.80. The predicted molar refractivity (Wildman–Crippen MR) is 101 cm³/mol. The van der Waals surface area contributed by atoms with Gasteiger partial charge in [-0.25, -0.2) is 4.98 Å². The fourth-order valence-corrected chi connectivity index (χ4v) is 4.21. The number of fused-ring (bicyclic) bond motifs is 1. The number of morpholine rings is 1. The minimum atomic E-state index is -0.118. The lowest BCUT2D eigenvalue weighted by Crippen LogP contribution is -2.48. The molecule has 8 heteroatoms. The van der Waals surface area contributed by atoms with Gasteiger partial charge in [0, 0.05) is 18.5 Å². The highest BCUT2D eigenvalue weighted by atomic mass is 32.1. The van der Waals surface area contributed by atoms with Gasteiger partial charge in [0.1, 0.15) is 16.5 Å². The second kappa shape index (κ2) is 7.28. The lowest BCUT2D eigenvalue weighted by Gasteiger charge is -2.34. The van der Waals surface area contributed by atoms with Gasteiger partial charge >= 0.3 is 0 Å². The van der Waals surface area contributed by atoms with Gasteiger partial charge in [-0.15, -0.1) is 11.3 Å². The molecule has 0 spiro atoms. The van der Waals surface area contributed by atoms with Crippen LogP contribution in [0.15, 0.2) is 29.6 Å². The van der Waals surface area contributed by atoms with E-state index in [0.717, 1.165) is 10.7 Å². The first-order chi connectivity index (χ1) is 13.0. The zero-order valence-electron chi connectivity index (χ0n) is 15.3. The Morgan fingerprint density at radius 2 is 2.00 bits per heavy atom. The van der Waals surface area contributed by atoms with Gasteiger partial charge in [-0.3, -0.25) is 14.5 Å². The van der Waals surface area contributed by atoms with Crippen molar-refractivity contribution in [3.8, 4) is 5.75 Å². The molecule has 1 fully saturated rings. The topological polar surface area (TPSA) is 72.0 Å². The van der Waals surface area contributed by atoms with Gasteiger partial charge in [0.05, 0.1) is 24.4 Å². The van der Waals surface area contributed by atoms with Crippen LogP contribution in [0.2, 0.25) is 0 Å². The van der Waals surface area contributed by atoms with Gasteiger partial charge in [-0.1, -0.05) is 12.1 Å². The summed E-state index contributed by atoms with van der Waals surface area (Å²) in [6.45, 7) is 5.38. The van der Waals surface area contributed by atoms with Crippen molar-refractivity contribution >= 4 is 28.8 Å². The number of benzene rings is 1. The Morgan fingerprint density at radius 1 is 1.26 bits per heavy atom. The summed E-state index contributed by atoms with van der Waals surface area (Å²) in [6, 6.07) is 7.43. The zero-order chi connectivity index (χ0) is 19.0. The second-order valence-electron chi connectivity index (χ2n) is 6.83. The quantitative estimate of drug-likeness (QED) is 0.808. The van der Waals surface area contributed by atoms with Crippen LogP contribution < -0.4 is 9.64 Å². The highest BCUT2D eigenvalue weighted by Crippen LogP contribution is 2.33. The van der Waals surface area contributed by atoms with Crippen molar-refractivity contribution in [1.29, 1.82) is 0 Å². The number of ether oxygens (including phenoxy) is 2. The van der Waals surface area contributed by atoms with E-state index in [1.54, 1.807) is 15.2 Å². The van der Waals surface area contributed by atoms with Crippen LogP contribution in [0, 0.1) is 0 Å². The van der Waals surface area contributed by atoms with Crippen LogP contribution in [0.3, 0.4) is 0 Å². The molecule has 0 aliphatic carbocycles. The smallest absolute Gasteiger partial charge is 0.273 e. The molecule has 0 bridgehead atoms. The minimum absolute atomic E-state index is 0.0116. The molecule has 0 saturated carbocycles. The third-order valence-electron chi connectivity index (χ3n) is 4.58. The fraction of sp³-hybridized carbons (Fsp3) is 0.421. The summed E-state index contributed by atoms with van der Waals surface area (Å²) in [5, 5.41) is 2.48. The Bertz CT molecular complexity index is 858. The fourth-order valence-electron chi connectivity index (χ4n) is 3.45. The molecule has 27 heavy (non-hydrogen) atoms. The molecular formula is C19H21N3O4S. The molecule has 2 aromatic rings. The second-order valence-corrected chi connectivity index (χ2v) is 7.77. The van der Waals surface area contributed by atoms with Gasteiger partial charge in [-0.05, 0) is 26.0 Å². The molecule has 0 unspecified atom stereocenters. The third-order valence-corrected chi connectivity index (χ3v) is 5.41. The lowest BCUT2D eigenvalue weighted by atomic mass is 10.2. The molecule has 0 radical (unpaired) electrons. The van der Waals surface area contributed by atoms with Gasteiger partial charge in [-0.2, -0.15) is 0 Å². The van der Waals surface area contributed by atoms with Gasteiger partial charge in [0.15, 0.2) is 6.61 Å². The van der Waals surface area contributed by atoms with Crippen LogP contribution in [0.4, 0.5) is 5.69 Å². The zero-order valence-corrected chi connectivity index (χ0v) is 16.1. The molecule has 2 aliphatic rings. The van der Waals surface area contributed by atoms with E-state index in [9.17, 15) is 9.59 Å². The first kappa shape index (κ1) is 17.9. The van der Waals surface area contributed by atoms with Crippen molar-refractivity contribution in [3.05, 3.63) is 40.3 Å². The van der Waals surface area contributed by atoms with Crippen molar-refractivity contribution in [3.63, 3.8) is 0 Å². The summed E-state index contributed by atoms with van der Waals surface area (Å²) in [5.41, 5.74) is 1.15. The van der Waals surface area contributed by atoms with Crippen LogP contribution in [0.1, 0.15) is 29.3 Å². The SMILES string of the molecule is C[C@@H]1CN(C(=O)c2csc(CN3C(=O)COc4ccccc43)n2)C[C@H](C)O1. The summed E-state index contributed by atoms with van der Waals surface area (Å²) in [6.07, 6.45) is 0.0246. The van der Waals surface area contributed by atoms with Gasteiger partial charge < -0.3 is 14.4 Å². The maximum Gasteiger partial charge on any atom is 0.273 e. The average molecular weight is 387 g/mol. The molecule has 1 aromatic carbocycles. The van der Waals surface area contributed by atoms with E-state index < -0.39 is 0 Å². The van der Waals surface area contributed by atoms with Crippen LogP contribution in [0.25, 0.3) is 0 Å². The van der Waals surface area contributed by atoms with Crippen LogP contribution in [0.5, 0.6) is 5.75 Å². The molecule has 4 rings (SSSR count). The van der Waals surface area contributed by atoms with E-state index in [1.165, 1.54) is 11.3 Å². The number of nitrogens with zero attached hydrogens (tertiary/aromatic N) is 3. The summed E-state index contributed by atoms with van der Waals surface area (Å²) in [7, 11) is 0.